The van der Waals surface area contributed by atoms with Gasteiger partial charge in [-0.25, -0.2) is 0 Å². The van der Waals surface area contributed by atoms with Crippen molar-refractivity contribution in [3.8, 4) is 0 Å². The van der Waals surface area contributed by atoms with Gasteiger partial charge in [-0.15, -0.1) is 0 Å². The van der Waals surface area contributed by atoms with Crippen LogP contribution >= 0.6 is 0 Å². The first kappa shape index (κ1) is 11.4. The van der Waals surface area contributed by atoms with Crippen molar-refractivity contribution in [1.82, 2.24) is 4.57 Å². The quantitative estimate of drug-likeness (QED) is 0.547. The second-order valence-corrected chi connectivity index (χ2v) is 3.90. The van der Waals surface area contributed by atoms with Crippen LogP contribution in [0.2, 0.25) is 0 Å². The molecule has 0 spiro atoms. The summed E-state index contributed by atoms with van der Waals surface area (Å²) in [6.07, 6.45) is 13.5. The number of rotatable bonds is 8. The van der Waals surface area contributed by atoms with E-state index in [1.165, 1.54) is 45.1 Å². The Morgan fingerprint density at radius 3 is 2.00 bits per heavy atom. The van der Waals surface area contributed by atoms with E-state index in [9.17, 15) is 0 Å². The SMILES string of the molecule is [CH2]CCCCCCCCn1cccc1. The van der Waals surface area contributed by atoms with Gasteiger partial charge in [0.25, 0.3) is 0 Å². The fourth-order valence-corrected chi connectivity index (χ4v) is 1.70. The van der Waals surface area contributed by atoms with Gasteiger partial charge in [0.1, 0.15) is 0 Å². The Labute approximate surface area is 88.1 Å². The Morgan fingerprint density at radius 2 is 1.36 bits per heavy atom. The minimum absolute atomic E-state index is 1.10. The van der Waals surface area contributed by atoms with E-state index in [2.05, 4.69) is 36.0 Å². The minimum Gasteiger partial charge on any atom is -0.354 e. The largest absolute Gasteiger partial charge is 0.354 e. The minimum atomic E-state index is 1.10. The lowest BCUT2D eigenvalue weighted by Gasteiger charge is -2.02. The highest BCUT2D eigenvalue weighted by molar-refractivity contribution is 4.89. The molecule has 0 aliphatic rings. The van der Waals surface area contributed by atoms with Gasteiger partial charge >= 0.3 is 0 Å². The summed E-state index contributed by atoms with van der Waals surface area (Å²) in [6, 6.07) is 4.18. The van der Waals surface area contributed by atoms with Crippen molar-refractivity contribution in [2.75, 3.05) is 0 Å². The van der Waals surface area contributed by atoms with E-state index in [1.54, 1.807) is 0 Å². The van der Waals surface area contributed by atoms with Crippen LogP contribution in [0.15, 0.2) is 24.5 Å². The third-order valence-electron chi connectivity index (χ3n) is 2.58. The molecule has 0 unspecified atom stereocenters. The zero-order valence-electron chi connectivity index (χ0n) is 9.12. The van der Waals surface area contributed by atoms with Crippen molar-refractivity contribution in [2.45, 2.75) is 51.5 Å². The van der Waals surface area contributed by atoms with Gasteiger partial charge in [-0.1, -0.05) is 45.4 Å². The summed E-state index contributed by atoms with van der Waals surface area (Å²) in [6.45, 7) is 5.03. The first-order chi connectivity index (χ1) is 6.93. The van der Waals surface area contributed by atoms with Crippen LogP contribution in [-0.4, -0.2) is 4.57 Å². The molecule has 14 heavy (non-hydrogen) atoms. The molecule has 0 bridgehead atoms. The lowest BCUT2D eigenvalue weighted by molar-refractivity contribution is 0.554. The summed E-state index contributed by atoms with van der Waals surface area (Å²) >= 11 is 0. The highest BCUT2D eigenvalue weighted by atomic mass is 14.9. The van der Waals surface area contributed by atoms with Crippen molar-refractivity contribution in [3.63, 3.8) is 0 Å². The molecule has 0 aliphatic carbocycles. The van der Waals surface area contributed by atoms with E-state index < -0.39 is 0 Å². The van der Waals surface area contributed by atoms with Gasteiger partial charge < -0.3 is 4.57 Å². The van der Waals surface area contributed by atoms with Gasteiger partial charge in [0.05, 0.1) is 0 Å². The molecule has 0 atom stereocenters. The maximum atomic E-state index is 3.85. The molecule has 0 saturated carbocycles. The molecular formula is C13H22N. The molecule has 1 aromatic rings. The molecule has 0 N–H and O–H groups in total. The summed E-state index contributed by atoms with van der Waals surface area (Å²) in [7, 11) is 0. The van der Waals surface area contributed by atoms with Crippen molar-refractivity contribution < 1.29 is 0 Å². The average molecular weight is 192 g/mol. The van der Waals surface area contributed by atoms with Crippen LogP contribution in [-0.2, 0) is 6.54 Å². The van der Waals surface area contributed by atoms with E-state index in [0.29, 0.717) is 0 Å². The highest BCUT2D eigenvalue weighted by Crippen LogP contribution is 2.07. The molecule has 0 amide bonds. The molecule has 1 radical (unpaired) electrons. The van der Waals surface area contributed by atoms with Crippen LogP contribution in [0.5, 0.6) is 0 Å². The highest BCUT2D eigenvalue weighted by Gasteiger charge is 1.91. The number of aryl methyl sites for hydroxylation is 1. The van der Waals surface area contributed by atoms with Crippen LogP contribution in [0.4, 0.5) is 0 Å². The molecule has 0 aromatic carbocycles. The summed E-state index contributed by atoms with van der Waals surface area (Å²) in [5, 5.41) is 0. The third-order valence-corrected chi connectivity index (χ3v) is 2.58. The van der Waals surface area contributed by atoms with E-state index >= 15 is 0 Å². The van der Waals surface area contributed by atoms with Gasteiger partial charge in [-0.2, -0.15) is 0 Å². The van der Waals surface area contributed by atoms with Gasteiger partial charge in [0.2, 0.25) is 0 Å². The molecule has 1 heteroatoms. The standard InChI is InChI=1S/C13H22N/c1-2-3-4-5-6-7-8-11-14-12-9-10-13-14/h9-10,12-13H,1-8,11H2. The molecule has 1 nitrogen and oxygen atoms in total. The fraction of sp³-hybridized carbons (Fsp3) is 0.615. The Balaban J connectivity index is 1.85. The van der Waals surface area contributed by atoms with Crippen molar-refractivity contribution in [3.05, 3.63) is 31.5 Å². The number of aromatic nitrogens is 1. The summed E-state index contributed by atoms with van der Waals surface area (Å²) in [5.41, 5.74) is 0. The maximum absolute atomic E-state index is 3.85. The van der Waals surface area contributed by atoms with Crippen molar-refractivity contribution in [2.24, 2.45) is 0 Å². The predicted molar refractivity (Wildman–Crippen MR) is 62.1 cm³/mol. The number of hydrogen-bond acceptors (Lipinski definition) is 0. The van der Waals surface area contributed by atoms with Gasteiger partial charge in [0.15, 0.2) is 0 Å². The fourth-order valence-electron chi connectivity index (χ4n) is 1.70. The first-order valence-corrected chi connectivity index (χ1v) is 5.83. The number of nitrogens with zero attached hydrogens (tertiary/aromatic N) is 1. The van der Waals surface area contributed by atoms with E-state index in [-0.39, 0.29) is 0 Å². The second kappa shape index (κ2) is 7.66. The summed E-state index contributed by atoms with van der Waals surface area (Å²) in [4.78, 5) is 0. The molecule has 79 valence electrons. The topological polar surface area (TPSA) is 4.93 Å². The van der Waals surface area contributed by atoms with Gasteiger partial charge in [-0.3, -0.25) is 0 Å². The lowest BCUT2D eigenvalue weighted by atomic mass is 10.1. The zero-order valence-corrected chi connectivity index (χ0v) is 9.12. The normalized spacial score (nSPS) is 10.6. The van der Waals surface area contributed by atoms with Crippen molar-refractivity contribution in [1.29, 1.82) is 0 Å². The van der Waals surface area contributed by atoms with E-state index in [4.69, 9.17) is 0 Å². The molecule has 1 heterocycles. The van der Waals surface area contributed by atoms with E-state index in [0.717, 1.165) is 6.42 Å². The number of hydrogen-bond donors (Lipinski definition) is 0. The molecule has 0 aliphatic heterocycles. The van der Waals surface area contributed by atoms with Crippen LogP contribution in [0, 0.1) is 6.92 Å². The van der Waals surface area contributed by atoms with Gasteiger partial charge in [-0.05, 0) is 18.6 Å². The monoisotopic (exact) mass is 192 g/mol. The first-order valence-electron chi connectivity index (χ1n) is 5.83. The molecule has 1 aromatic heterocycles. The van der Waals surface area contributed by atoms with Crippen LogP contribution in [0.3, 0.4) is 0 Å². The summed E-state index contributed by atoms with van der Waals surface area (Å²) < 4.78 is 2.26. The third kappa shape index (κ3) is 5.11. The predicted octanol–water partition coefficient (Wildman–Crippen LogP) is 4.05. The maximum Gasteiger partial charge on any atom is 0.0219 e. The Kier molecular flexibility index (Phi) is 6.21. The molecule has 0 saturated heterocycles. The van der Waals surface area contributed by atoms with Crippen LogP contribution in [0.1, 0.15) is 44.9 Å². The Hall–Kier alpha value is -0.720. The van der Waals surface area contributed by atoms with Gasteiger partial charge in [0, 0.05) is 18.9 Å². The lowest BCUT2D eigenvalue weighted by Crippen LogP contribution is -1.93. The Bertz CT molecular complexity index is 201. The smallest absolute Gasteiger partial charge is 0.0219 e. The average Bonchev–Trinajstić information content (AvgIpc) is 2.69. The second-order valence-electron chi connectivity index (χ2n) is 3.90. The zero-order chi connectivity index (χ0) is 10.1. The summed E-state index contributed by atoms with van der Waals surface area (Å²) in [5.74, 6) is 0. The van der Waals surface area contributed by atoms with Crippen LogP contribution < -0.4 is 0 Å². The number of unbranched alkanes of at least 4 members (excludes halogenated alkanes) is 6. The van der Waals surface area contributed by atoms with Crippen molar-refractivity contribution >= 4 is 0 Å². The molecular weight excluding hydrogens is 170 g/mol. The van der Waals surface area contributed by atoms with Crippen LogP contribution in [0.25, 0.3) is 0 Å². The molecule has 0 fully saturated rings. The molecule has 1 rings (SSSR count). The van der Waals surface area contributed by atoms with E-state index in [1.807, 2.05) is 0 Å². The Morgan fingerprint density at radius 1 is 0.786 bits per heavy atom.